The van der Waals surface area contributed by atoms with Crippen LogP contribution in [0.3, 0.4) is 0 Å². The molecule has 28 heavy (non-hydrogen) atoms. The molecule has 7 nitrogen and oxygen atoms in total. The van der Waals surface area contributed by atoms with Crippen LogP contribution in [0.15, 0.2) is 59.5 Å². The van der Waals surface area contributed by atoms with E-state index in [2.05, 4.69) is 15.4 Å². The van der Waals surface area contributed by atoms with E-state index in [0.717, 1.165) is 4.68 Å². The molecular formula is C20H16ClN5O2. The van der Waals surface area contributed by atoms with Gasteiger partial charge in [0.2, 0.25) is 5.91 Å². The molecule has 1 aromatic heterocycles. The Morgan fingerprint density at radius 3 is 2.68 bits per heavy atom. The van der Waals surface area contributed by atoms with Gasteiger partial charge in [-0.25, -0.2) is 9.48 Å². The molecule has 0 bridgehead atoms. The number of nitriles is 1. The van der Waals surface area contributed by atoms with Gasteiger partial charge in [0.15, 0.2) is 0 Å². The third kappa shape index (κ3) is 4.24. The van der Waals surface area contributed by atoms with Gasteiger partial charge in [0.1, 0.15) is 6.04 Å². The van der Waals surface area contributed by atoms with Crippen LogP contribution in [0.25, 0.3) is 11.3 Å². The van der Waals surface area contributed by atoms with Crippen molar-refractivity contribution < 1.29 is 4.79 Å². The third-order valence-corrected chi connectivity index (χ3v) is 4.35. The van der Waals surface area contributed by atoms with Crippen LogP contribution < -0.4 is 11.0 Å². The molecule has 8 heteroatoms. The Morgan fingerprint density at radius 2 is 2.04 bits per heavy atom. The number of hydrogen-bond acceptors (Lipinski definition) is 5. The standard InChI is InChI=1S/C20H16ClN5O2/c1-2-18(19(27)24-16-5-3-4-13(10-16)11-22)26-20(28)25-17(12-23-26)14-6-8-15(21)9-7-14/h3-10,12,18H,2H2,1H3,(H,24,27). The highest BCUT2D eigenvalue weighted by Gasteiger charge is 2.22. The molecule has 0 radical (unpaired) electrons. The second kappa shape index (κ2) is 8.46. The summed E-state index contributed by atoms with van der Waals surface area (Å²) in [6, 6.07) is 14.6. The van der Waals surface area contributed by atoms with E-state index in [0.29, 0.717) is 34.0 Å². The van der Waals surface area contributed by atoms with Crippen molar-refractivity contribution >= 4 is 23.2 Å². The molecule has 0 aliphatic carbocycles. The monoisotopic (exact) mass is 393 g/mol. The van der Waals surface area contributed by atoms with Crippen molar-refractivity contribution in [2.45, 2.75) is 19.4 Å². The van der Waals surface area contributed by atoms with Crippen molar-refractivity contribution in [3.05, 3.63) is 75.8 Å². The molecule has 0 spiro atoms. The van der Waals surface area contributed by atoms with E-state index in [9.17, 15) is 9.59 Å². The average Bonchev–Trinajstić information content (AvgIpc) is 2.70. The molecule has 140 valence electrons. The molecule has 1 amide bonds. The van der Waals surface area contributed by atoms with Gasteiger partial charge >= 0.3 is 5.69 Å². The van der Waals surface area contributed by atoms with Gasteiger partial charge in [0, 0.05) is 16.3 Å². The summed E-state index contributed by atoms with van der Waals surface area (Å²) in [6.45, 7) is 1.77. The highest BCUT2D eigenvalue weighted by Crippen LogP contribution is 2.19. The van der Waals surface area contributed by atoms with Gasteiger partial charge in [-0.2, -0.15) is 15.3 Å². The quantitative estimate of drug-likeness (QED) is 0.715. The van der Waals surface area contributed by atoms with Gasteiger partial charge in [0.25, 0.3) is 0 Å². The second-order valence-electron chi connectivity index (χ2n) is 5.98. The fourth-order valence-electron chi connectivity index (χ4n) is 2.68. The maximum absolute atomic E-state index is 12.7. The maximum atomic E-state index is 12.7. The zero-order valence-corrected chi connectivity index (χ0v) is 15.7. The Kier molecular flexibility index (Phi) is 5.82. The van der Waals surface area contributed by atoms with Gasteiger partial charge < -0.3 is 5.32 Å². The second-order valence-corrected chi connectivity index (χ2v) is 6.42. The molecule has 0 aliphatic heterocycles. The lowest BCUT2D eigenvalue weighted by molar-refractivity contribution is -0.119. The number of nitrogens with zero attached hydrogens (tertiary/aromatic N) is 4. The van der Waals surface area contributed by atoms with Crippen molar-refractivity contribution in [2.75, 3.05) is 5.32 Å². The molecule has 3 rings (SSSR count). The van der Waals surface area contributed by atoms with E-state index in [1.807, 2.05) is 6.07 Å². The van der Waals surface area contributed by atoms with Crippen LogP contribution >= 0.6 is 11.6 Å². The zero-order valence-electron chi connectivity index (χ0n) is 15.0. The minimum absolute atomic E-state index is 0.346. The number of benzene rings is 2. The topological polar surface area (TPSA) is 101 Å². The molecule has 3 aromatic rings. The van der Waals surface area contributed by atoms with Crippen LogP contribution in [-0.4, -0.2) is 20.7 Å². The number of aromatic nitrogens is 3. The zero-order chi connectivity index (χ0) is 20.1. The number of halogens is 1. The molecule has 0 fully saturated rings. The Balaban J connectivity index is 1.85. The Morgan fingerprint density at radius 1 is 1.29 bits per heavy atom. The Labute approximate surface area is 166 Å². The van der Waals surface area contributed by atoms with Gasteiger partial charge in [-0.05, 0) is 36.8 Å². The van der Waals surface area contributed by atoms with E-state index in [1.54, 1.807) is 55.5 Å². The summed E-state index contributed by atoms with van der Waals surface area (Å²) >= 11 is 5.87. The van der Waals surface area contributed by atoms with Crippen molar-refractivity contribution in [1.82, 2.24) is 14.8 Å². The summed E-state index contributed by atoms with van der Waals surface area (Å²) in [6.07, 6.45) is 1.79. The van der Waals surface area contributed by atoms with Crippen LogP contribution in [0.5, 0.6) is 0 Å². The number of amides is 1. The van der Waals surface area contributed by atoms with Crippen LogP contribution in [0.1, 0.15) is 24.9 Å². The van der Waals surface area contributed by atoms with Gasteiger partial charge in [-0.3, -0.25) is 4.79 Å². The first-order valence-electron chi connectivity index (χ1n) is 8.54. The average molecular weight is 394 g/mol. The molecule has 1 atom stereocenters. The maximum Gasteiger partial charge on any atom is 0.365 e. The summed E-state index contributed by atoms with van der Waals surface area (Å²) in [4.78, 5) is 29.2. The van der Waals surface area contributed by atoms with Gasteiger partial charge in [-0.15, -0.1) is 0 Å². The van der Waals surface area contributed by atoms with Crippen molar-refractivity contribution in [3.63, 3.8) is 0 Å². The summed E-state index contributed by atoms with van der Waals surface area (Å²) in [5.74, 6) is -0.409. The summed E-state index contributed by atoms with van der Waals surface area (Å²) in [5.41, 5.74) is 1.37. The van der Waals surface area contributed by atoms with Crippen molar-refractivity contribution in [2.24, 2.45) is 0 Å². The molecule has 0 aliphatic rings. The largest absolute Gasteiger partial charge is 0.365 e. The predicted octanol–water partition coefficient (Wildman–Crippen LogP) is 3.42. The van der Waals surface area contributed by atoms with E-state index < -0.39 is 17.6 Å². The number of nitrogens with one attached hydrogen (secondary N) is 1. The first kappa shape index (κ1) is 19.3. The van der Waals surface area contributed by atoms with Gasteiger partial charge in [-0.1, -0.05) is 36.7 Å². The summed E-state index contributed by atoms with van der Waals surface area (Å²) < 4.78 is 1.06. The molecule has 1 unspecified atom stereocenters. The lowest BCUT2D eigenvalue weighted by Gasteiger charge is -2.16. The fourth-order valence-corrected chi connectivity index (χ4v) is 2.81. The smallest absolute Gasteiger partial charge is 0.324 e. The molecule has 0 saturated carbocycles. The normalized spacial score (nSPS) is 11.5. The lowest BCUT2D eigenvalue weighted by Crippen LogP contribution is -2.36. The minimum Gasteiger partial charge on any atom is -0.324 e. The third-order valence-electron chi connectivity index (χ3n) is 4.10. The fraction of sp³-hybridized carbons (Fsp3) is 0.150. The molecule has 1 heterocycles. The van der Waals surface area contributed by atoms with E-state index in [4.69, 9.17) is 16.9 Å². The number of carbonyl (C=O) groups excluding carboxylic acids is 1. The van der Waals surface area contributed by atoms with Crippen LogP contribution in [0, 0.1) is 11.3 Å². The van der Waals surface area contributed by atoms with Crippen molar-refractivity contribution in [1.29, 1.82) is 5.26 Å². The summed E-state index contributed by atoms with van der Waals surface area (Å²) in [5, 5.41) is 16.4. The number of rotatable bonds is 5. The van der Waals surface area contributed by atoms with E-state index in [-0.39, 0.29) is 0 Å². The molecular weight excluding hydrogens is 378 g/mol. The van der Waals surface area contributed by atoms with Crippen LogP contribution in [0.2, 0.25) is 5.02 Å². The van der Waals surface area contributed by atoms with Crippen LogP contribution in [-0.2, 0) is 4.79 Å². The van der Waals surface area contributed by atoms with E-state index >= 15 is 0 Å². The highest BCUT2D eigenvalue weighted by molar-refractivity contribution is 6.30. The Bertz CT molecular complexity index is 1100. The first-order valence-corrected chi connectivity index (χ1v) is 8.92. The highest BCUT2D eigenvalue weighted by atomic mass is 35.5. The first-order chi connectivity index (χ1) is 13.5. The Hall–Kier alpha value is -3.50. The number of anilines is 1. The summed E-state index contributed by atoms with van der Waals surface area (Å²) in [7, 11) is 0. The SMILES string of the molecule is CCC(C(=O)Nc1cccc(C#N)c1)n1ncc(-c2ccc(Cl)cc2)nc1=O. The van der Waals surface area contributed by atoms with E-state index in [1.165, 1.54) is 6.20 Å². The van der Waals surface area contributed by atoms with Crippen molar-refractivity contribution in [3.8, 4) is 17.3 Å². The molecule has 1 N–H and O–H groups in total. The minimum atomic E-state index is -0.829. The number of hydrogen-bond donors (Lipinski definition) is 1. The molecule has 2 aromatic carbocycles. The predicted molar refractivity (Wildman–Crippen MR) is 106 cm³/mol. The number of carbonyl (C=O) groups is 1. The molecule has 0 saturated heterocycles. The van der Waals surface area contributed by atoms with Crippen LogP contribution in [0.4, 0.5) is 5.69 Å². The lowest BCUT2D eigenvalue weighted by atomic mass is 10.1. The van der Waals surface area contributed by atoms with Gasteiger partial charge in [0.05, 0.1) is 23.5 Å².